The zero-order valence-electron chi connectivity index (χ0n) is 9.60. The first-order chi connectivity index (χ1) is 7.13. The molecule has 0 fully saturated rings. The van der Waals surface area contributed by atoms with Crippen molar-refractivity contribution < 1.29 is 8.78 Å². The van der Waals surface area contributed by atoms with E-state index in [-0.39, 0.29) is 5.83 Å². The first-order valence-corrected chi connectivity index (χ1v) is 5.75. The Labute approximate surface area is 91.1 Å². The standard InChI is InChI=1S/C13H20F2/c1-10(2)7-11-5-3-4-6-12(9-14)13(15)8-11/h5,8,10,12H,3-4,6-7,9H2,1-2H3. The molecule has 0 radical (unpaired) electrons. The van der Waals surface area contributed by atoms with E-state index in [0.717, 1.165) is 24.8 Å². The van der Waals surface area contributed by atoms with Crippen LogP contribution in [-0.2, 0) is 0 Å². The Bertz CT molecular complexity index is 251. The van der Waals surface area contributed by atoms with Gasteiger partial charge >= 0.3 is 0 Å². The number of hydrogen-bond donors (Lipinski definition) is 0. The van der Waals surface area contributed by atoms with E-state index in [1.165, 1.54) is 0 Å². The van der Waals surface area contributed by atoms with E-state index in [0.29, 0.717) is 12.3 Å². The molecule has 0 saturated heterocycles. The Morgan fingerprint density at radius 3 is 2.80 bits per heavy atom. The van der Waals surface area contributed by atoms with Crippen LogP contribution in [-0.4, -0.2) is 6.67 Å². The summed E-state index contributed by atoms with van der Waals surface area (Å²) in [5, 5.41) is 0. The highest BCUT2D eigenvalue weighted by Crippen LogP contribution is 2.26. The van der Waals surface area contributed by atoms with Gasteiger partial charge in [-0.05, 0) is 43.3 Å². The fourth-order valence-electron chi connectivity index (χ4n) is 1.91. The van der Waals surface area contributed by atoms with Gasteiger partial charge in [-0.15, -0.1) is 0 Å². The van der Waals surface area contributed by atoms with Crippen LogP contribution in [0.2, 0.25) is 0 Å². The Kier molecular flexibility index (Phi) is 5.00. The van der Waals surface area contributed by atoms with Crippen LogP contribution in [0.1, 0.15) is 39.5 Å². The first-order valence-electron chi connectivity index (χ1n) is 5.75. The molecular weight excluding hydrogens is 194 g/mol. The Morgan fingerprint density at radius 1 is 1.47 bits per heavy atom. The maximum absolute atomic E-state index is 13.6. The van der Waals surface area contributed by atoms with Gasteiger partial charge in [0.15, 0.2) is 0 Å². The van der Waals surface area contributed by atoms with Crippen LogP contribution in [0.15, 0.2) is 23.6 Å². The zero-order chi connectivity index (χ0) is 11.3. The lowest BCUT2D eigenvalue weighted by atomic mass is 9.93. The maximum atomic E-state index is 13.6. The monoisotopic (exact) mass is 214 g/mol. The van der Waals surface area contributed by atoms with Gasteiger partial charge in [-0.1, -0.05) is 19.9 Å². The highest BCUT2D eigenvalue weighted by Gasteiger charge is 2.16. The summed E-state index contributed by atoms with van der Waals surface area (Å²) in [7, 11) is 0. The fraction of sp³-hybridized carbons (Fsp3) is 0.692. The molecule has 0 N–H and O–H groups in total. The molecule has 0 saturated carbocycles. The molecule has 1 atom stereocenters. The Balaban J connectivity index is 2.74. The van der Waals surface area contributed by atoms with Gasteiger partial charge in [0.05, 0.1) is 6.67 Å². The lowest BCUT2D eigenvalue weighted by Crippen LogP contribution is -2.06. The SMILES string of the molecule is CC(C)CC1=CCCCC(CF)C(F)=C1. The summed E-state index contributed by atoms with van der Waals surface area (Å²) in [6.45, 7) is 3.65. The number of alkyl halides is 1. The van der Waals surface area contributed by atoms with Crippen LogP contribution in [0.5, 0.6) is 0 Å². The molecule has 0 aromatic heterocycles. The normalized spacial score (nSPS) is 23.1. The summed E-state index contributed by atoms with van der Waals surface area (Å²) < 4.78 is 26.1. The molecule has 0 aromatic rings. The minimum Gasteiger partial charge on any atom is -0.250 e. The van der Waals surface area contributed by atoms with Gasteiger partial charge in [0, 0.05) is 5.92 Å². The topological polar surface area (TPSA) is 0 Å². The second kappa shape index (κ2) is 6.04. The Morgan fingerprint density at radius 2 is 2.20 bits per heavy atom. The minimum absolute atomic E-state index is 0.274. The summed E-state index contributed by atoms with van der Waals surface area (Å²) >= 11 is 0. The van der Waals surface area contributed by atoms with Crippen molar-refractivity contribution in [2.45, 2.75) is 39.5 Å². The quantitative estimate of drug-likeness (QED) is 0.645. The molecule has 1 aliphatic rings. The van der Waals surface area contributed by atoms with Crippen molar-refractivity contribution in [3.05, 3.63) is 23.6 Å². The second-order valence-corrected chi connectivity index (χ2v) is 4.69. The van der Waals surface area contributed by atoms with Crippen LogP contribution in [0.25, 0.3) is 0 Å². The molecule has 0 bridgehead atoms. The average molecular weight is 214 g/mol. The minimum atomic E-state index is -0.572. The third-order valence-electron chi connectivity index (χ3n) is 2.71. The van der Waals surface area contributed by atoms with E-state index in [9.17, 15) is 8.78 Å². The van der Waals surface area contributed by atoms with Crippen molar-refractivity contribution >= 4 is 0 Å². The van der Waals surface area contributed by atoms with Gasteiger partial charge in [-0.2, -0.15) is 0 Å². The molecule has 1 aliphatic carbocycles. The summed E-state index contributed by atoms with van der Waals surface area (Å²) in [4.78, 5) is 0. The second-order valence-electron chi connectivity index (χ2n) is 4.69. The number of halogens is 2. The van der Waals surface area contributed by atoms with Gasteiger partial charge in [0.2, 0.25) is 0 Å². The molecule has 2 heteroatoms. The summed E-state index contributed by atoms with van der Waals surface area (Å²) in [5.41, 5.74) is 1.03. The number of allylic oxidation sites excluding steroid dienone is 4. The van der Waals surface area contributed by atoms with E-state index >= 15 is 0 Å². The predicted octanol–water partition coefficient (Wildman–Crippen LogP) is 4.58. The predicted molar refractivity (Wildman–Crippen MR) is 60.0 cm³/mol. The van der Waals surface area contributed by atoms with Crippen LogP contribution in [0.3, 0.4) is 0 Å². The number of hydrogen-bond acceptors (Lipinski definition) is 0. The molecule has 1 rings (SSSR count). The molecule has 86 valence electrons. The molecular formula is C13H20F2. The van der Waals surface area contributed by atoms with Gasteiger partial charge in [-0.3, -0.25) is 4.39 Å². The fourth-order valence-corrected chi connectivity index (χ4v) is 1.91. The van der Waals surface area contributed by atoms with E-state index in [1.807, 2.05) is 0 Å². The molecule has 0 amide bonds. The Hall–Kier alpha value is -0.660. The first kappa shape index (κ1) is 12.4. The lowest BCUT2D eigenvalue weighted by molar-refractivity contribution is 0.330. The molecule has 0 spiro atoms. The third-order valence-corrected chi connectivity index (χ3v) is 2.71. The van der Waals surface area contributed by atoms with Crippen LogP contribution < -0.4 is 0 Å². The molecule has 1 unspecified atom stereocenters. The molecule has 15 heavy (non-hydrogen) atoms. The van der Waals surface area contributed by atoms with Crippen molar-refractivity contribution in [3.63, 3.8) is 0 Å². The van der Waals surface area contributed by atoms with Crippen molar-refractivity contribution in [1.29, 1.82) is 0 Å². The van der Waals surface area contributed by atoms with Crippen molar-refractivity contribution in [3.8, 4) is 0 Å². The number of rotatable bonds is 3. The molecule has 0 aromatic carbocycles. The van der Waals surface area contributed by atoms with E-state index in [4.69, 9.17) is 0 Å². The average Bonchev–Trinajstić information content (AvgIpc) is 2.13. The molecule has 0 heterocycles. The van der Waals surface area contributed by atoms with Crippen molar-refractivity contribution in [2.24, 2.45) is 11.8 Å². The smallest absolute Gasteiger partial charge is 0.106 e. The van der Waals surface area contributed by atoms with Crippen molar-refractivity contribution in [2.75, 3.05) is 6.67 Å². The van der Waals surface area contributed by atoms with Gasteiger partial charge in [-0.25, -0.2) is 4.39 Å². The summed E-state index contributed by atoms with van der Waals surface area (Å²) in [6.07, 6.45) is 6.98. The van der Waals surface area contributed by atoms with Gasteiger partial charge < -0.3 is 0 Å². The van der Waals surface area contributed by atoms with E-state index in [2.05, 4.69) is 19.9 Å². The van der Waals surface area contributed by atoms with Gasteiger partial charge in [0.25, 0.3) is 0 Å². The van der Waals surface area contributed by atoms with Gasteiger partial charge in [0.1, 0.15) is 5.83 Å². The largest absolute Gasteiger partial charge is 0.250 e. The zero-order valence-corrected chi connectivity index (χ0v) is 9.60. The molecule has 0 nitrogen and oxygen atoms in total. The van der Waals surface area contributed by atoms with Crippen LogP contribution >= 0.6 is 0 Å². The molecule has 0 aliphatic heterocycles. The maximum Gasteiger partial charge on any atom is 0.106 e. The summed E-state index contributed by atoms with van der Waals surface area (Å²) in [6, 6.07) is 0. The van der Waals surface area contributed by atoms with E-state index < -0.39 is 12.6 Å². The highest BCUT2D eigenvalue weighted by molar-refractivity contribution is 5.23. The van der Waals surface area contributed by atoms with Crippen LogP contribution in [0.4, 0.5) is 8.78 Å². The highest BCUT2D eigenvalue weighted by atomic mass is 19.1. The lowest BCUT2D eigenvalue weighted by Gasteiger charge is -2.15. The third kappa shape index (κ3) is 4.15. The van der Waals surface area contributed by atoms with E-state index in [1.54, 1.807) is 6.08 Å². The summed E-state index contributed by atoms with van der Waals surface area (Å²) in [5.74, 6) is -0.256. The van der Waals surface area contributed by atoms with Crippen LogP contribution in [0, 0.1) is 11.8 Å². The van der Waals surface area contributed by atoms with Crippen molar-refractivity contribution in [1.82, 2.24) is 0 Å².